The Hall–Kier alpha value is -0.910. The Balaban J connectivity index is 1.58. The molecule has 1 amide bonds. The van der Waals surface area contributed by atoms with Crippen molar-refractivity contribution in [2.75, 3.05) is 19.7 Å². The van der Waals surface area contributed by atoms with Crippen molar-refractivity contribution in [3.63, 3.8) is 0 Å². The molecule has 2 aliphatic heterocycles. The van der Waals surface area contributed by atoms with Gasteiger partial charge < -0.3 is 10.1 Å². The number of carbonyl (C=O) groups is 1. The van der Waals surface area contributed by atoms with Crippen molar-refractivity contribution in [1.82, 2.24) is 10.2 Å². The molecule has 4 nitrogen and oxygen atoms in total. The zero-order chi connectivity index (χ0) is 13.3. The van der Waals surface area contributed by atoms with Crippen LogP contribution >= 0.6 is 11.3 Å². The molecule has 0 aliphatic carbocycles. The molecule has 1 atom stereocenters. The maximum absolute atomic E-state index is 11.3. The molecule has 0 aromatic carbocycles. The normalized spacial score (nSPS) is 27.4. The number of carbonyl (C=O) groups excluding carboxylic acids is 1. The number of piperidine rings is 1. The first-order valence-corrected chi connectivity index (χ1v) is 7.79. The van der Waals surface area contributed by atoms with Gasteiger partial charge in [-0.3, -0.25) is 9.69 Å². The summed E-state index contributed by atoms with van der Waals surface area (Å²) in [5.41, 5.74) is 1.26. The molecule has 0 radical (unpaired) electrons. The second-order valence-corrected chi connectivity index (χ2v) is 6.33. The van der Waals surface area contributed by atoms with Crippen molar-refractivity contribution in [1.29, 1.82) is 0 Å². The van der Waals surface area contributed by atoms with Crippen LogP contribution in [0.25, 0.3) is 0 Å². The van der Waals surface area contributed by atoms with E-state index in [9.17, 15) is 4.79 Å². The highest BCUT2D eigenvalue weighted by molar-refractivity contribution is 7.07. The molecule has 1 aromatic heterocycles. The Labute approximate surface area is 117 Å². The van der Waals surface area contributed by atoms with Crippen LogP contribution in [-0.2, 0) is 16.1 Å². The fraction of sp³-hybridized carbons (Fsp3) is 0.643. The van der Waals surface area contributed by atoms with Crippen LogP contribution < -0.4 is 5.32 Å². The smallest absolute Gasteiger partial charge is 0.246 e. The molecule has 1 aromatic rings. The molecule has 2 fully saturated rings. The molecule has 0 unspecified atom stereocenters. The minimum atomic E-state index is -0.140. The van der Waals surface area contributed by atoms with Crippen LogP contribution in [0.1, 0.15) is 25.3 Å². The molecule has 0 bridgehead atoms. The van der Waals surface area contributed by atoms with Gasteiger partial charge in [-0.2, -0.15) is 11.3 Å². The summed E-state index contributed by atoms with van der Waals surface area (Å²) in [7, 11) is 0. The summed E-state index contributed by atoms with van der Waals surface area (Å²) in [6.07, 6.45) is 2.00. The first kappa shape index (κ1) is 13.1. The zero-order valence-electron chi connectivity index (χ0n) is 11.2. The van der Waals surface area contributed by atoms with Gasteiger partial charge in [-0.05, 0) is 42.2 Å². The van der Waals surface area contributed by atoms with Crippen molar-refractivity contribution < 1.29 is 9.53 Å². The first-order chi connectivity index (χ1) is 9.18. The van der Waals surface area contributed by atoms with E-state index in [2.05, 4.69) is 34.0 Å². The fourth-order valence-corrected chi connectivity index (χ4v) is 3.72. The number of morpholine rings is 1. The third-order valence-corrected chi connectivity index (χ3v) is 5.08. The van der Waals surface area contributed by atoms with E-state index in [0.717, 1.165) is 32.5 Å². The summed E-state index contributed by atoms with van der Waals surface area (Å²) in [5.74, 6) is 0.0128. The van der Waals surface area contributed by atoms with Gasteiger partial charge in [0.2, 0.25) is 5.91 Å². The molecule has 2 aliphatic rings. The standard InChI is InChI=1S/C14H20N2O2S/c1-11-14(18-9-13(17)15-11)3-5-16(6-4-14)8-12-2-7-19-10-12/h2,7,10-11H,3-6,8-9H2,1H3,(H,15,17)/t11-/m1/s1. The molecule has 2 saturated heterocycles. The number of likely N-dealkylation sites (tertiary alicyclic amines) is 1. The van der Waals surface area contributed by atoms with Crippen molar-refractivity contribution in [3.8, 4) is 0 Å². The van der Waals surface area contributed by atoms with Crippen molar-refractivity contribution >= 4 is 17.2 Å². The maximum atomic E-state index is 11.3. The van der Waals surface area contributed by atoms with Crippen LogP contribution in [0.15, 0.2) is 16.8 Å². The first-order valence-electron chi connectivity index (χ1n) is 6.85. The highest BCUT2D eigenvalue weighted by Gasteiger charge is 2.44. The lowest BCUT2D eigenvalue weighted by Crippen LogP contribution is -2.62. The third-order valence-electron chi connectivity index (χ3n) is 4.35. The van der Waals surface area contributed by atoms with Gasteiger partial charge >= 0.3 is 0 Å². The largest absolute Gasteiger partial charge is 0.363 e. The number of rotatable bonds is 2. The van der Waals surface area contributed by atoms with Gasteiger partial charge in [0.15, 0.2) is 0 Å². The van der Waals surface area contributed by atoms with Crippen molar-refractivity contribution in [2.45, 2.75) is 38.0 Å². The molecule has 3 heterocycles. The number of thiophene rings is 1. The number of nitrogens with zero attached hydrogens (tertiary/aromatic N) is 1. The highest BCUT2D eigenvalue weighted by Crippen LogP contribution is 2.32. The summed E-state index contributed by atoms with van der Waals surface area (Å²) in [5, 5.41) is 7.36. The van der Waals surface area contributed by atoms with Crippen molar-refractivity contribution in [2.24, 2.45) is 0 Å². The Morgan fingerprint density at radius 3 is 2.95 bits per heavy atom. The van der Waals surface area contributed by atoms with E-state index < -0.39 is 0 Å². The fourth-order valence-electron chi connectivity index (χ4n) is 3.06. The summed E-state index contributed by atoms with van der Waals surface area (Å²) in [6.45, 7) is 5.38. The number of ether oxygens (including phenoxy) is 1. The predicted molar refractivity (Wildman–Crippen MR) is 75.1 cm³/mol. The van der Waals surface area contributed by atoms with E-state index in [4.69, 9.17) is 4.74 Å². The van der Waals surface area contributed by atoms with Crippen molar-refractivity contribution in [3.05, 3.63) is 22.4 Å². The number of nitrogens with one attached hydrogen (secondary N) is 1. The highest BCUT2D eigenvalue weighted by atomic mass is 32.1. The molecule has 0 saturated carbocycles. The van der Waals surface area contributed by atoms with Gasteiger partial charge in [0.05, 0.1) is 11.6 Å². The van der Waals surface area contributed by atoms with Gasteiger partial charge in [-0.1, -0.05) is 0 Å². The Morgan fingerprint density at radius 1 is 1.53 bits per heavy atom. The summed E-state index contributed by atoms with van der Waals surface area (Å²) >= 11 is 1.75. The van der Waals surface area contributed by atoms with E-state index in [1.165, 1.54) is 5.56 Å². The Bertz CT molecular complexity index is 438. The zero-order valence-corrected chi connectivity index (χ0v) is 12.0. The number of hydrogen-bond acceptors (Lipinski definition) is 4. The maximum Gasteiger partial charge on any atom is 0.246 e. The lowest BCUT2D eigenvalue weighted by atomic mass is 9.83. The van der Waals surface area contributed by atoms with Gasteiger partial charge in [0.1, 0.15) is 6.61 Å². The molecule has 3 rings (SSSR count). The van der Waals surface area contributed by atoms with Crippen LogP contribution in [0, 0.1) is 0 Å². The Kier molecular flexibility index (Phi) is 3.60. The number of hydrogen-bond donors (Lipinski definition) is 1. The minimum absolute atomic E-state index is 0.0128. The molecule has 5 heteroatoms. The van der Waals surface area contributed by atoms with Gasteiger partial charge in [0.25, 0.3) is 0 Å². The monoisotopic (exact) mass is 280 g/mol. The van der Waals surface area contributed by atoms with E-state index in [0.29, 0.717) is 0 Å². The van der Waals surface area contributed by atoms with E-state index >= 15 is 0 Å². The minimum Gasteiger partial charge on any atom is -0.363 e. The van der Waals surface area contributed by atoms with E-state index in [1.54, 1.807) is 11.3 Å². The second kappa shape index (κ2) is 5.23. The lowest BCUT2D eigenvalue weighted by Gasteiger charge is -2.47. The molecular weight excluding hydrogens is 260 g/mol. The van der Waals surface area contributed by atoms with Crippen LogP contribution in [-0.4, -0.2) is 42.1 Å². The molecule has 1 spiro atoms. The van der Waals surface area contributed by atoms with Gasteiger partial charge in [-0.15, -0.1) is 0 Å². The van der Waals surface area contributed by atoms with Gasteiger partial charge in [0, 0.05) is 19.6 Å². The summed E-state index contributed by atoms with van der Waals surface area (Å²) < 4.78 is 5.88. The van der Waals surface area contributed by atoms with Gasteiger partial charge in [-0.25, -0.2) is 0 Å². The molecule has 1 N–H and O–H groups in total. The quantitative estimate of drug-likeness (QED) is 0.895. The van der Waals surface area contributed by atoms with Crippen LogP contribution in [0.3, 0.4) is 0 Å². The topological polar surface area (TPSA) is 41.6 Å². The molecule has 19 heavy (non-hydrogen) atoms. The summed E-state index contributed by atoms with van der Waals surface area (Å²) in [6, 6.07) is 2.31. The molecular formula is C14H20N2O2S. The summed E-state index contributed by atoms with van der Waals surface area (Å²) in [4.78, 5) is 13.8. The molecule has 104 valence electrons. The number of amides is 1. The van der Waals surface area contributed by atoms with Crippen LogP contribution in [0.2, 0.25) is 0 Å². The average Bonchev–Trinajstić information content (AvgIpc) is 2.90. The second-order valence-electron chi connectivity index (χ2n) is 5.55. The van der Waals surface area contributed by atoms with Crippen LogP contribution in [0.4, 0.5) is 0 Å². The van der Waals surface area contributed by atoms with E-state index in [-0.39, 0.29) is 24.2 Å². The van der Waals surface area contributed by atoms with Crippen LogP contribution in [0.5, 0.6) is 0 Å². The average molecular weight is 280 g/mol. The Morgan fingerprint density at radius 2 is 2.32 bits per heavy atom. The third kappa shape index (κ3) is 2.68. The lowest BCUT2D eigenvalue weighted by molar-refractivity contribution is -0.159. The van der Waals surface area contributed by atoms with E-state index in [1.807, 2.05) is 0 Å². The SMILES string of the molecule is C[C@H]1NC(=O)COC12CCN(Cc1ccsc1)CC2. The predicted octanol–water partition coefficient (Wildman–Crippen LogP) is 1.62.